The molecule has 10 nitrogen and oxygen atoms in total. The average Bonchev–Trinajstić information content (AvgIpc) is 4.26. The number of nitrogens with one attached hydrogen (secondary N) is 2. The maximum absolute atomic E-state index is 8.43. The van der Waals surface area contributed by atoms with Gasteiger partial charge in [-0.05, 0) is 59.4 Å². The van der Waals surface area contributed by atoms with E-state index < -0.39 is 16.6 Å². The molecule has 2 aliphatic rings. The van der Waals surface area contributed by atoms with E-state index in [2.05, 4.69) is 124 Å². The van der Waals surface area contributed by atoms with Crippen molar-refractivity contribution in [2.45, 2.75) is 232 Å². The lowest BCUT2D eigenvalue weighted by molar-refractivity contribution is 0.453. The molecule has 2 aliphatic heterocycles. The van der Waals surface area contributed by atoms with Crippen LogP contribution in [0.15, 0.2) is 84.9 Å². The van der Waals surface area contributed by atoms with Gasteiger partial charge in [0.05, 0.1) is 5.39 Å². The van der Waals surface area contributed by atoms with Gasteiger partial charge in [0.2, 0.25) is 0 Å². The number of unbranched alkanes of at least 4 members (excludes halogenated alkanes) is 18. The molecule has 4 aromatic carbocycles. The number of hydrogen-bond donors (Lipinski definition) is 2. The first kappa shape index (κ1) is 61.6. The van der Waals surface area contributed by atoms with Gasteiger partial charge in [-0.1, -0.05) is 268 Å². The molecule has 3 aromatic heterocycles. The molecule has 0 saturated heterocycles. The molecule has 434 valence electrons. The summed E-state index contributed by atoms with van der Waals surface area (Å²) in [6, 6.07) is 36.5. The van der Waals surface area contributed by atoms with Gasteiger partial charge in [0.15, 0.2) is 29.0 Å². The third kappa shape index (κ3) is 15.2. The molecule has 2 N–H and O–H groups in total. The van der Waals surface area contributed by atoms with Crippen LogP contribution in [0.2, 0.25) is 36.3 Å². The Bertz CT molecular complexity index is 3210. The van der Waals surface area contributed by atoms with Gasteiger partial charge in [0.25, 0.3) is 16.6 Å². The molecular formula is C68H98N8O2Si3. The summed E-state index contributed by atoms with van der Waals surface area (Å²) in [5.41, 5.74) is 6.49. The first-order valence-electron chi connectivity index (χ1n) is 32.0. The Morgan fingerprint density at radius 3 is 0.988 bits per heavy atom. The molecule has 0 fully saturated rings. The average molecular weight is 1140 g/mol. The van der Waals surface area contributed by atoms with Crippen molar-refractivity contribution in [3.8, 4) is 57.1 Å². The van der Waals surface area contributed by atoms with Crippen molar-refractivity contribution in [2.24, 2.45) is 0 Å². The van der Waals surface area contributed by atoms with E-state index >= 15 is 0 Å². The Kier molecular flexibility index (Phi) is 23.3. The summed E-state index contributed by atoms with van der Waals surface area (Å²) in [4.78, 5) is 40.0. The van der Waals surface area contributed by atoms with Crippen molar-refractivity contribution in [2.75, 3.05) is 0 Å². The Balaban J connectivity index is 0.00000860. The van der Waals surface area contributed by atoms with Gasteiger partial charge in [-0.25, -0.2) is 29.9 Å². The van der Waals surface area contributed by atoms with Gasteiger partial charge in [-0.15, -0.1) is 0 Å². The van der Waals surface area contributed by atoms with Crippen molar-refractivity contribution in [1.29, 1.82) is 0 Å². The second-order valence-electron chi connectivity index (χ2n) is 23.5. The minimum absolute atomic E-state index is 0. The Morgan fingerprint density at radius 1 is 0.321 bits per heavy atom. The predicted molar refractivity (Wildman–Crippen MR) is 354 cm³/mol. The van der Waals surface area contributed by atoms with E-state index in [1.54, 1.807) is 0 Å². The van der Waals surface area contributed by atoms with E-state index in [-0.39, 0.29) is 11.0 Å². The van der Waals surface area contributed by atoms with Crippen LogP contribution in [-0.4, -0.2) is 67.5 Å². The highest BCUT2D eigenvalue weighted by Gasteiger charge is 2.41. The van der Waals surface area contributed by atoms with E-state index in [9.17, 15) is 0 Å². The lowest BCUT2D eigenvalue weighted by Gasteiger charge is -2.37. The smallest absolute Gasteiger partial charge is 0.251 e. The topological polar surface area (TPSA) is 127 Å². The van der Waals surface area contributed by atoms with Crippen molar-refractivity contribution in [3.63, 3.8) is 0 Å². The van der Waals surface area contributed by atoms with Crippen LogP contribution in [0.25, 0.3) is 89.7 Å². The molecule has 7 aromatic rings. The highest BCUT2D eigenvalue weighted by molar-refractivity contribution is 6.75. The molecule has 9 rings (SSSR count). The summed E-state index contributed by atoms with van der Waals surface area (Å²) < 4.78 is 16.7. The van der Waals surface area contributed by atoms with Gasteiger partial charge in [0, 0.05) is 38.4 Å². The number of aromatic nitrogens is 8. The van der Waals surface area contributed by atoms with Crippen molar-refractivity contribution < 1.29 is 8.85 Å². The summed E-state index contributed by atoms with van der Waals surface area (Å²) >= 11 is 0. The molecule has 0 saturated carbocycles. The molecule has 8 bridgehead atoms. The van der Waals surface area contributed by atoms with Gasteiger partial charge >= 0.3 is 0 Å². The van der Waals surface area contributed by atoms with Gasteiger partial charge in [0.1, 0.15) is 28.3 Å². The summed E-state index contributed by atoms with van der Waals surface area (Å²) in [5.74, 6) is 4.23. The van der Waals surface area contributed by atoms with E-state index in [1.165, 1.54) is 172 Å². The molecule has 0 radical (unpaired) electrons. The van der Waals surface area contributed by atoms with Crippen LogP contribution in [-0.2, 0) is 0 Å². The second-order valence-corrected chi connectivity index (χ2v) is 31.6. The summed E-state index contributed by atoms with van der Waals surface area (Å²) in [7, 11) is -4.95. The fraction of sp³-hybridized carbons (Fsp3) is 0.529. The van der Waals surface area contributed by atoms with Crippen molar-refractivity contribution in [1.82, 2.24) is 39.9 Å². The largest absolute Gasteiger partial charge is 0.541 e. The zero-order valence-corrected chi connectivity index (χ0v) is 51.8. The number of rotatable bonds is 34. The van der Waals surface area contributed by atoms with Crippen LogP contribution in [0, 0.1) is 0 Å². The maximum atomic E-state index is 8.43. The van der Waals surface area contributed by atoms with Gasteiger partial charge < -0.3 is 18.8 Å². The molecule has 0 atom stereocenters. The number of H-pyrrole nitrogens is 2. The second kappa shape index (κ2) is 30.7. The van der Waals surface area contributed by atoms with E-state index in [0.29, 0.717) is 45.9 Å². The summed E-state index contributed by atoms with van der Waals surface area (Å²) in [6.45, 7) is 14.0. The van der Waals surface area contributed by atoms with E-state index in [4.69, 9.17) is 38.8 Å². The lowest BCUT2D eigenvalue weighted by atomic mass is 10.1. The quantitative estimate of drug-likeness (QED) is 0.0302. The third-order valence-electron chi connectivity index (χ3n) is 17.2. The van der Waals surface area contributed by atoms with Crippen molar-refractivity contribution in [3.05, 3.63) is 84.9 Å². The monoisotopic (exact) mass is 1140 g/mol. The molecule has 81 heavy (non-hydrogen) atoms. The molecule has 0 amide bonds. The van der Waals surface area contributed by atoms with Crippen LogP contribution in [0.5, 0.6) is 11.5 Å². The predicted octanol–water partition coefficient (Wildman–Crippen LogP) is 19.5. The number of benzene rings is 4. The standard InChI is InChI=1S/C68H94N8O2Si2.H4Si/c1-7-13-19-31-45-79(46-32-20-14-8-2,47-33-21-15-9-3)77-58-44-43-57-59(60(58)78-80(48-34-22-16-10-4,49-35-23-17-11-5)50-36-24-18-12-6)68-75-66-56-42-30-29-41-55(56)64(73-66)71-62-52-38-26-25-37-51(52)61(69-62)70-63-53-39-27-28-40-54(53)65(72-63)74-67(57)76-68;/h25-30,37-44H,7-24,31-36,45-50H2,1-6H3,(H2,69,70,71,72,73,74,75,76);1H4. The maximum Gasteiger partial charge on any atom is 0.251 e. The first-order chi connectivity index (χ1) is 39.4. The summed E-state index contributed by atoms with van der Waals surface area (Å²) in [5, 5.41) is 3.81. The minimum atomic E-state index is -2.53. The Labute approximate surface area is 491 Å². The molecule has 0 unspecified atom stereocenters. The lowest BCUT2D eigenvalue weighted by Crippen LogP contribution is -2.44. The van der Waals surface area contributed by atoms with Crippen LogP contribution in [0.1, 0.15) is 196 Å². The zero-order valence-electron chi connectivity index (χ0n) is 49.8. The fourth-order valence-electron chi connectivity index (χ4n) is 12.6. The Hall–Kier alpha value is -5.51. The van der Waals surface area contributed by atoms with Crippen LogP contribution < -0.4 is 8.85 Å². The van der Waals surface area contributed by atoms with Crippen LogP contribution >= 0.6 is 0 Å². The zero-order chi connectivity index (χ0) is 55.6. The highest BCUT2D eigenvalue weighted by Crippen LogP contribution is 2.47. The molecule has 0 spiro atoms. The fourth-order valence-corrected chi connectivity index (χ4v) is 21.4. The molecule has 0 aliphatic carbocycles. The number of fused-ring (bicyclic) bond motifs is 20. The van der Waals surface area contributed by atoms with Gasteiger partial charge in [-0.3, -0.25) is 0 Å². The van der Waals surface area contributed by atoms with Crippen LogP contribution in [0.4, 0.5) is 0 Å². The first-order valence-corrected chi connectivity index (χ1v) is 37.1. The van der Waals surface area contributed by atoms with Gasteiger partial charge in [-0.2, -0.15) is 0 Å². The SMILES string of the molecule is CCCCCC[Si](CCCCCC)(CCCCCC)Oc1ccc2c3nc4nc(nc5[nH]c(nc6nc(nc([nH]3)c2c1O[Si](CCCCCC)(CCCCCC)CCCCCC)-c1ccccc1-6)c1ccccc51)-c1ccccc1-4.[SiH4]. The van der Waals surface area contributed by atoms with E-state index in [0.717, 1.165) is 73.4 Å². The van der Waals surface area contributed by atoms with Crippen molar-refractivity contribution >= 4 is 71.7 Å². The summed E-state index contributed by atoms with van der Waals surface area (Å²) in [6.07, 6.45) is 29.6. The van der Waals surface area contributed by atoms with Crippen LogP contribution in [0.3, 0.4) is 0 Å². The number of aromatic amines is 2. The van der Waals surface area contributed by atoms with E-state index in [1.807, 2.05) is 12.1 Å². The molecular weight excluding hydrogens is 1050 g/mol. The molecule has 13 heteroatoms. The highest BCUT2D eigenvalue weighted by atomic mass is 28.4. The third-order valence-corrected chi connectivity index (χ3v) is 26.1. The Morgan fingerprint density at radius 2 is 0.630 bits per heavy atom. The minimum Gasteiger partial charge on any atom is -0.541 e. The normalized spacial score (nSPS) is 12.2. The number of nitrogens with zero attached hydrogens (tertiary/aromatic N) is 6. The number of hydrogen-bond acceptors (Lipinski definition) is 8. The molecule has 5 heterocycles.